The topological polar surface area (TPSA) is 53.4 Å². The first-order chi connectivity index (χ1) is 9.17. The van der Waals surface area contributed by atoms with Crippen molar-refractivity contribution in [2.75, 3.05) is 13.1 Å². The van der Waals surface area contributed by atoms with Crippen LogP contribution in [0.1, 0.15) is 25.5 Å². The van der Waals surface area contributed by atoms with Crippen LogP contribution in [-0.2, 0) is 4.79 Å². The Hall–Kier alpha value is -1.94. The van der Waals surface area contributed by atoms with Crippen molar-refractivity contribution in [1.29, 1.82) is 0 Å². The van der Waals surface area contributed by atoms with Crippen LogP contribution in [0.15, 0.2) is 36.5 Å². The molecular weight excluding hydrogens is 240 g/mol. The van der Waals surface area contributed by atoms with E-state index >= 15 is 0 Å². The van der Waals surface area contributed by atoms with Gasteiger partial charge in [-0.05, 0) is 36.9 Å². The number of pyridine rings is 1. The van der Waals surface area contributed by atoms with Crippen LogP contribution in [0.2, 0.25) is 0 Å². The van der Waals surface area contributed by atoms with Gasteiger partial charge in [0.2, 0.25) is 0 Å². The van der Waals surface area contributed by atoms with Gasteiger partial charge in [-0.2, -0.15) is 0 Å². The van der Waals surface area contributed by atoms with Crippen LogP contribution in [0.4, 0.5) is 0 Å². The lowest BCUT2D eigenvalue weighted by atomic mass is 10.0. The SMILES string of the molecule is CCN(CC)C(C(=O)O)c1ccc2ncccc2c1. The summed E-state index contributed by atoms with van der Waals surface area (Å²) in [5, 5.41) is 10.4. The van der Waals surface area contributed by atoms with E-state index < -0.39 is 12.0 Å². The van der Waals surface area contributed by atoms with E-state index in [2.05, 4.69) is 4.98 Å². The van der Waals surface area contributed by atoms with Crippen molar-refractivity contribution in [3.63, 3.8) is 0 Å². The molecule has 19 heavy (non-hydrogen) atoms. The number of rotatable bonds is 5. The Kier molecular flexibility index (Phi) is 4.12. The van der Waals surface area contributed by atoms with Crippen LogP contribution in [0, 0.1) is 0 Å². The van der Waals surface area contributed by atoms with Gasteiger partial charge in [-0.25, -0.2) is 0 Å². The second-order valence-electron chi connectivity index (χ2n) is 4.42. The van der Waals surface area contributed by atoms with Crippen molar-refractivity contribution in [2.45, 2.75) is 19.9 Å². The summed E-state index contributed by atoms with van der Waals surface area (Å²) in [7, 11) is 0. The van der Waals surface area contributed by atoms with Crippen LogP contribution in [0.3, 0.4) is 0 Å². The average molecular weight is 258 g/mol. The number of aliphatic carboxylic acids is 1. The molecule has 1 N–H and O–H groups in total. The van der Waals surface area contributed by atoms with Gasteiger partial charge in [0.1, 0.15) is 6.04 Å². The zero-order chi connectivity index (χ0) is 13.8. The molecule has 4 nitrogen and oxygen atoms in total. The van der Waals surface area contributed by atoms with Crippen molar-refractivity contribution < 1.29 is 9.90 Å². The van der Waals surface area contributed by atoms with Gasteiger partial charge in [0, 0.05) is 11.6 Å². The molecule has 0 aliphatic carbocycles. The standard InChI is InChI=1S/C15H18N2O2/c1-3-17(4-2)14(15(18)19)12-7-8-13-11(10-12)6-5-9-16-13/h5-10,14H,3-4H2,1-2H3,(H,18,19). The average Bonchev–Trinajstić information content (AvgIpc) is 2.43. The van der Waals surface area contributed by atoms with Gasteiger partial charge in [-0.15, -0.1) is 0 Å². The fourth-order valence-corrected chi connectivity index (χ4v) is 2.36. The molecule has 0 amide bonds. The quantitative estimate of drug-likeness (QED) is 0.896. The molecule has 0 spiro atoms. The van der Waals surface area contributed by atoms with E-state index in [0.717, 1.165) is 16.5 Å². The Bertz CT molecular complexity index is 579. The molecular formula is C15H18N2O2. The Morgan fingerprint density at radius 2 is 2.05 bits per heavy atom. The van der Waals surface area contributed by atoms with Gasteiger partial charge in [0.15, 0.2) is 0 Å². The Morgan fingerprint density at radius 1 is 1.32 bits per heavy atom. The molecule has 0 fully saturated rings. The summed E-state index contributed by atoms with van der Waals surface area (Å²) in [5.41, 5.74) is 1.69. The third-order valence-electron chi connectivity index (χ3n) is 3.35. The smallest absolute Gasteiger partial charge is 0.325 e. The predicted octanol–water partition coefficient (Wildman–Crippen LogP) is 2.70. The molecule has 0 saturated heterocycles. The third-order valence-corrected chi connectivity index (χ3v) is 3.35. The first-order valence-electron chi connectivity index (χ1n) is 6.49. The molecule has 0 aliphatic rings. The highest BCUT2D eigenvalue weighted by Crippen LogP contribution is 2.24. The fourth-order valence-electron chi connectivity index (χ4n) is 2.36. The summed E-state index contributed by atoms with van der Waals surface area (Å²) in [5.74, 6) is -0.813. The lowest BCUT2D eigenvalue weighted by Crippen LogP contribution is -2.33. The van der Waals surface area contributed by atoms with Crippen LogP contribution >= 0.6 is 0 Å². The molecule has 1 atom stereocenters. The number of carbonyl (C=O) groups is 1. The zero-order valence-corrected chi connectivity index (χ0v) is 11.2. The van der Waals surface area contributed by atoms with Gasteiger partial charge in [-0.3, -0.25) is 14.7 Å². The Labute approximate surface area is 112 Å². The highest BCUT2D eigenvalue weighted by atomic mass is 16.4. The van der Waals surface area contributed by atoms with Crippen molar-refractivity contribution in [2.24, 2.45) is 0 Å². The van der Waals surface area contributed by atoms with E-state index in [0.29, 0.717) is 13.1 Å². The van der Waals surface area contributed by atoms with Gasteiger partial charge in [0.05, 0.1) is 5.52 Å². The van der Waals surface area contributed by atoms with Crippen LogP contribution < -0.4 is 0 Å². The lowest BCUT2D eigenvalue weighted by molar-refractivity contribution is -0.143. The van der Waals surface area contributed by atoms with Crippen LogP contribution in [0.5, 0.6) is 0 Å². The maximum absolute atomic E-state index is 11.5. The fraction of sp³-hybridized carbons (Fsp3) is 0.333. The first-order valence-corrected chi connectivity index (χ1v) is 6.49. The minimum Gasteiger partial charge on any atom is -0.480 e. The first kappa shape index (κ1) is 13.5. The highest BCUT2D eigenvalue weighted by Gasteiger charge is 2.25. The molecule has 2 aromatic rings. The summed E-state index contributed by atoms with van der Waals surface area (Å²) < 4.78 is 0. The number of hydrogen-bond acceptors (Lipinski definition) is 3. The Balaban J connectivity index is 2.47. The molecule has 0 saturated carbocycles. The largest absolute Gasteiger partial charge is 0.480 e. The number of hydrogen-bond donors (Lipinski definition) is 1. The molecule has 1 unspecified atom stereocenters. The van der Waals surface area contributed by atoms with Crippen LogP contribution in [-0.4, -0.2) is 34.0 Å². The van der Waals surface area contributed by atoms with E-state index in [1.807, 2.05) is 49.1 Å². The minimum absolute atomic E-state index is 0.598. The maximum Gasteiger partial charge on any atom is 0.325 e. The van der Waals surface area contributed by atoms with Crippen molar-refractivity contribution in [3.05, 3.63) is 42.1 Å². The molecule has 1 aromatic carbocycles. The number of likely N-dealkylation sites (N-methyl/N-ethyl adjacent to an activating group) is 1. The highest BCUT2D eigenvalue weighted by molar-refractivity contribution is 5.82. The van der Waals surface area contributed by atoms with Crippen molar-refractivity contribution >= 4 is 16.9 Å². The second kappa shape index (κ2) is 5.80. The number of carboxylic acid groups (broad SMARTS) is 1. The summed E-state index contributed by atoms with van der Waals surface area (Å²) in [6.45, 7) is 5.36. The molecule has 4 heteroatoms. The molecule has 0 aliphatic heterocycles. The molecule has 0 bridgehead atoms. The number of aromatic nitrogens is 1. The monoisotopic (exact) mass is 258 g/mol. The number of fused-ring (bicyclic) bond motifs is 1. The van der Waals surface area contributed by atoms with Crippen molar-refractivity contribution in [3.8, 4) is 0 Å². The summed E-state index contributed by atoms with van der Waals surface area (Å²) >= 11 is 0. The molecule has 100 valence electrons. The van der Waals surface area contributed by atoms with E-state index in [-0.39, 0.29) is 0 Å². The second-order valence-corrected chi connectivity index (χ2v) is 4.42. The normalized spacial score (nSPS) is 12.8. The zero-order valence-electron chi connectivity index (χ0n) is 11.2. The van der Waals surface area contributed by atoms with Gasteiger partial charge in [-0.1, -0.05) is 26.0 Å². The molecule has 2 rings (SSSR count). The lowest BCUT2D eigenvalue weighted by Gasteiger charge is -2.26. The Morgan fingerprint density at radius 3 is 2.68 bits per heavy atom. The summed E-state index contributed by atoms with van der Waals surface area (Å²) in [6.07, 6.45) is 1.74. The summed E-state index contributed by atoms with van der Waals surface area (Å²) in [4.78, 5) is 17.7. The van der Waals surface area contributed by atoms with E-state index in [1.165, 1.54) is 0 Å². The third kappa shape index (κ3) is 2.74. The van der Waals surface area contributed by atoms with E-state index in [4.69, 9.17) is 0 Å². The maximum atomic E-state index is 11.5. The number of nitrogens with zero attached hydrogens (tertiary/aromatic N) is 2. The van der Waals surface area contributed by atoms with Gasteiger partial charge >= 0.3 is 5.97 Å². The molecule has 1 aromatic heterocycles. The number of benzene rings is 1. The van der Waals surface area contributed by atoms with E-state index in [9.17, 15) is 9.90 Å². The predicted molar refractivity (Wildman–Crippen MR) is 75.0 cm³/mol. The van der Waals surface area contributed by atoms with Crippen molar-refractivity contribution in [1.82, 2.24) is 9.88 Å². The summed E-state index contributed by atoms with van der Waals surface area (Å²) in [6, 6.07) is 8.86. The number of carboxylic acids is 1. The minimum atomic E-state index is -0.813. The molecule has 1 heterocycles. The van der Waals surface area contributed by atoms with Crippen LogP contribution in [0.25, 0.3) is 10.9 Å². The van der Waals surface area contributed by atoms with E-state index in [1.54, 1.807) is 6.20 Å². The molecule has 0 radical (unpaired) electrons. The van der Waals surface area contributed by atoms with Gasteiger partial charge < -0.3 is 5.11 Å². The van der Waals surface area contributed by atoms with Gasteiger partial charge in [0.25, 0.3) is 0 Å².